The topological polar surface area (TPSA) is 94.7 Å². The molecule has 0 aromatic carbocycles. The highest BCUT2D eigenvalue weighted by Gasteiger charge is 2.53. The van der Waals surface area contributed by atoms with Crippen molar-refractivity contribution in [3.05, 3.63) is 24.0 Å². The molecule has 0 spiro atoms. The Kier molecular flexibility index (Phi) is 6.63. The van der Waals surface area contributed by atoms with Gasteiger partial charge in [-0.2, -0.15) is 0 Å². The van der Waals surface area contributed by atoms with Gasteiger partial charge in [0.25, 0.3) is 0 Å². The van der Waals surface area contributed by atoms with Crippen LogP contribution in [0, 0.1) is 5.92 Å². The molecule has 1 aliphatic rings. The standard InChI is InChI=1S/C21H36N2O4Si/c1-14-10-15(16-8-9-23-13-17(16)22)11-18(21(14,25)12-19(24)26-5)27-28(6,7)20(2,3)4/h8-9,13-15,18,25H,10-12,22H2,1-7H3/t14-,15+,18+,21-/m0/s1. The Bertz CT molecular complexity index is 704. The van der Waals surface area contributed by atoms with Crippen molar-refractivity contribution in [2.45, 2.75) is 82.7 Å². The number of nitrogen functional groups attached to an aromatic ring is 1. The Morgan fingerprint density at radius 3 is 2.57 bits per heavy atom. The summed E-state index contributed by atoms with van der Waals surface area (Å²) in [7, 11) is -0.821. The average molecular weight is 409 g/mol. The second kappa shape index (κ2) is 8.12. The Hall–Kier alpha value is -1.44. The number of anilines is 1. The summed E-state index contributed by atoms with van der Waals surface area (Å²) in [6.07, 6.45) is 4.21. The third-order valence-electron chi connectivity index (χ3n) is 6.77. The average Bonchev–Trinajstić information content (AvgIpc) is 2.58. The smallest absolute Gasteiger partial charge is 0.308 e. The van der Waals surface area contributed by atoms with Crippen molar-refractivity contribution in [2.75, 3.05) is 12.8 Å². The molecule has 0 unspecified atom stereocenters. The largest absolute Gasteiger partial charge is 0.469 e. The Balaban J connectivity index is 2.41. The number of carbonyl (C=O) groups excluding carboxylic acids is 1. The maximum absolute atomic E-state index is 12.1. The van der Waals surface area contributed by atoms with E-state index in [-0.39, 0.29) is 23.3 Å². The zero-order valence-corrected chi connectivity index (χ0v) is 19.3. The number of esters is 1. The molecule has 1 aliphatic carbocycles. The third kappa shape index (κ3) is 4.58. The van der Waals surface area contributed by atoms with Crippen LogP contribution in [0.2, 0.25) is 18.1 Å². The Morgan fingerprint density at radius 1 is 1.39 bits per heavy atom. The van der Waals surface area contributed by atoms with Gasteiger partial charge in [0.15, 0.2) is 8.32 Å². The fourth-order valence-corrected chi connectivity index (χ4v) is 5.19. The summed E-state index contributed by atoms with van der Waals surface area (Å²) in [4.78, 5) is 16.2. The highest BCUT2D eigenvalue weighted by Crippen LogP contribution is 2.48. The van der Waals surface area contributed by atoms with Crippen molar-refractivity contribution >= 4 is 20.0 Å². The van der Waals surface area contributed by atoms with E-state index in [1.54, 1.807) is 12.4 Å². The second-order valence-electron chi connectivity index (χ2n) is 9.68. The molecule has 28 heavy (non-hydrogen) atoms. The maximum Gasteiger partial charge on any atom is 0.308 e. The molecule has 1 aromatic heterocycles. The summed E-state index contributed by atoms with van der Waals surface area (Å²) in [6, 6.07) is 1.95. The van der Waals surface area contributed by atoms with Crippen molar-refractivity contribution in [3.8, 4) is 0 Å². The highest BCUT2D eigenvalue weighted by molar-refractivity contribution is 6.74. The minimum Gasteiger partial charge on any atom is -0.469 e. The van der Waals surface area contributed by atoms with Crippen LogP contribution in [0.4, 0.5) is 5.69 Å². The zero-order valence-electron chi connectivity index (χ0n) is 18.3. The molecule has 0 saturated heterocycles. The molecule has 7 heteroatoms. The normalized spacial score (nSPS) is 28.8. The lowest BCUT2D eigenvalue weighted by atomic mass is 9.67. The van der Waals surface area contributed by atoms with E-state index in [0.717, 1.165) is 12.0 Å². The summed E-state index contributed by atoms with van der Waals surface area (Å²) < 4.78 is 11.6. The van der Waals surface area contributed by atoms with Crippen LogP contribution < -0.4 is 5.73 Å². The van der Waals surface area contributed by atoms with Crippen LogP contribution in [0.5, 0.6) is 0 Å². The number of nitrogens with zero attached hydrogens (tertiary/aromatic N) is 1. The number of nitrogens with two attached hydrogens (primary N) is 1. The van der Waals surface area contributed by atoms with Crippen molar-refractivity contribution in [1.82, 2.24) is 4.98 Å². The first-order chi connectivity index (χ1) is 12.8. The van der Waals surface area contributed by atoms with Crippen LogP contribution in [0.15, 0.2) is 18.5 Å². The lowest BCUT2D eigenvalue weighted by Crippen LogP contribution is -2.59. The quantitative estimate of drug-likeness (QED) is 0.567. The first-order valence-electron chi connectivity index (χ1n) is 9.98. The summed E-state index contributed by atoms with van der Waals surface area (Å²) in [5.41, 5.74) is 6.60. The van der Waals surface area contributed by atoms with Gasteiger partial charge < -0.3 is 20.0 Å². The Morgan fingerprint density at radius 2 is 2.04 bits per heavy atom. The van der Waals surface area contributed by atoms with E-state index >= 15 is 0 Å². The molecule has 0 amide bonds. The molecule has 1 fully saturated rings. The lowest BCUT2D eigenvalue weighted by molar-refractivity contribution is -0.165. The van der Waals surface area contributed by atoms with Gasteiger partial charge in [-0.1, -0.05) is 27.7 Å². The molecule has 0 aliphatic heterocycles. The van der Waals surface area contributed by atoms with Crippen LogP contribution in [0.3, 0.4) is 0 Å². The number of rotatable bonds is 5. The maximum atomic E-state index is 12.1. The minimum atomic E-state index is -2.17. The van der Waals surface area contributed by atoms with Crippen LogP contribution in [-0.4, -0.2) is 43.2 Å². The van der Waals surface area contributed by atoms with Gasteiger partial charge in [-0.15, -0.1) is 0 Å². The van der Waals surface area contributed by atoms with E-state index in [1.807, 2.05) is 13.0 Å². The van der Waals surface area contributed by atoms with Gasteiger partial charge in [0.2, 0.25) is 0 Å². The van der Waals surface area contributed by atoms with Crippen LogP contribution >= 0.6 is 0 Å². The van der Waals surface area contributed by atoms with Gasteiger partial charge in [0.1, 0.15) is 5.60 Å². The number of hydrogen-bond acceptors (Lipinski definition) is 6. The van der Waals surface area contributed by atoms with Gasteiger partial charge in [-0.25, -0.2) is 0 Å². The van der Waals surface area contributed by atoms with Gasteiger partial charge in [-0.3, -0.25) is 9.78 Å². The molecule has 6 nitrogen and oxygen atoms in total. The predicted molar refractivity (Wildman–Crippen MR) is 113 cm³/mol. The molecule has 0 radical (unpaired) electrons. The number of hydrogen-bond donors (Lipinski definition) is 2. The van der Waals surface area contributed by atoms with E-state index in [1.165, 1.54) is 7.11 Å². The predicted octanol–water partition coefficient (Wildman–Crippen LogP) is 3.86. The summed E-state index contributed by atoms with van der Waals surface area (Å²) in [5, 5.41) is 11.6. The minimum absolute atomic E-state index is 0.00888. The summed E-state index contributed by atoms with van der Waals surface area (Å²) >= 11 is 0. The number of ether oxygens (including phenoxy) is 1. The fourth-order valence-electron chi connectivity index (χ4n) is 3.82. The van der Waals surface area contributed by atoms with E-state index < -0.39 is 26.0 Å². The third-order valence-corrected chi connectivity index (χ3v) is 11.3. The number of carbonyl (C=O) groups is 1. The molecule has 1 heterocycles. The van der Waals surface area contributed by atoms with Gasteiger partial charge >= 0.3 is 5.97 Å². The first-order valence-corrected chi connectivity index (χ1v) is 12.9. The molecule has 4 atom stereocenters. The van der Waals surface area contributed by atoms with E-state index in [9.17, 15) is 9.90 Å². The highest BCUT2D eigenvalue weighted by atomic mass is 28.4. The van der Waals surface area contributed by atoms with Crippen LogP contribution in [0.25, 0.3) is 0 Å². The van der Waals surface area contributed by atoms with E-state index in [4.69, 9.17) is 14.9 Å². The van der Waals surface area contributed by atoms with Gasteiger partial charge in [0, 0.05) is 6.20 Å². The molecular weight excluding hydrogens is 372 g/mol. The Labute approximate surface area is 170 Å². The number of methoxy groups -OCH3 is 1. The SMILES string of the molecule is COC(=O)C[C@]1(O)[C@@H](C)C[C@@H](c2ccncc2N)C[C@H]1O[Si](C)(C)C(C)(C)C. The van der Waals surface area contributed by atoms with Crippen molar-refractivity contribution in [1.29, 1.82) is 0 Å². The van der Waals surface area contributed by atoms with E-state index in [2.05, 4.69) is 38.8 Å². The fraction of sp³-hybridized carbons (Fsp3) is 0.714. The van der Waals surface area contributed by atoms with Crippen molar-refractivity contribution in [3.63, 3.8) is 0 Å². The van der Waals surface area contributed by atoms with Crippen molar-refractivity contribution in [2.24, 2.45) is 5.92 Å². The molecule has 3 N–H and O–H groups in total. The van der Waals surface area contributed by atoms with E-state index in [0.29, 0.717) is 12.1 Å². The number of aliphatic hydroxyl groups is 1. The molecule has 2 rings (SSSR count). The molecule has 0 bridgehead atoms. The summed E-state index contributed by atoms with van der Waals surface area (Å²) in [6.45, 7) is 12.8. The lowest BCUT2D eigenvalue weighted by Gasteiger charge is -2.51. The van der Waals surface area contributed by atoms with Crippen molar-refractivity contribution < 1.29 is 19.1 Å². The molecule has 158 valence electrons. The zero-order chi connectivity index (χ0) is 21.3. The summed E-state index contributed by atoms with van der Waals surface area (Å²) in [5.74, 6) is -0.418. The molecular formula is C21H36N2O4Si. The first kappa shape index (κ1) is 22.8. The molecule has 1 saturated carbocycles. The van der Waals surface area contributed by atoms with Gasteiger partial charge in [-0.05, 0) is 54.4 Å². The van der Waals surface area contributed by atoms with Crippen LogP contribution in [0.1, 0.15) is 58.4 Å². The molecule has 1 aromatic rings. The second-order valence-corrected chi connectivity index (χ2v) is 14.4. The monoisotopic (exact) mass is 408 g/mol. The van der Waals surface area contributed by atoms with Gasteiger partial charge in [0.05, 0.1) is 31.5 Å². The number of aromatic nitrogens is 1. The van der Waals surface area contributed by atoms with Crippen LogP contribution in [-0.2, 0) is 14.0 Å². The number of pyridine rings is 1.